The summed E-state index contributed by atoms with van der Waals surface area (Å²) in [5, 5.41) is 0. The number of rotatable bonds is 2. The molecule has 5 heteroatoms. The fraction of sp³-hybridized carbons (Fsp3) is 0.471. The van der Waals surface area contributed by atoms with Crippen LogP contribution in [0, 0.1) is 13.8 Å². The number of urea groups is 1. The molecule has 1 saturated heterocycles. The summed E-state index contributed by atoms with van der Waals surface area (Å²) >= 11 is 0. The second-order valence-electron chi connectivity index (χ2n) is 6.88. The highest BCUT2D eigenvalue weighted by atomic mass is 16.2. The number of carbonyl (C=O) groups excluding carboxylic acids is 3. The minimum atomic E-state index is -0.772. The van der Waals surface area contributed by atoms with Crippen LogP contribution in [0.5, 0.6) is 0 Å². The Bertz CT molecular complexity index is 648. The molecule has 0 N–H and O–H groups in total. The van der Waals surface area contributed by atoms with Crippen molar-refractivity contribution in [3.8, 4) is 0 Å². The fourth-order valence-corrected chi connectivity index (χ4v) is 2.59. The standard InChI is InChI=1S/C17H22N2O3/c1-10-7-12(17(3,4)5)8-11(2)13(10)9-19-15(21)14(20)18(6)16(19)22/h7-8H,9H2,1-6H3. The average Bonchev–Trinajstić information content (AvgIpc) is 2.58. The van der Waals surface area contributed by atoms with Gasteiger partial charge < -0.3 is 0 Å². The minimum absolute atomic E-state index is 0.0313. The highest BCUT2D eigenvalue weighted by Crippen LogP contribution is 2.28. The smallest absolute Gasteiger partial charge is 0.263 e. The van der Waals surface area contributed by atoms with Crippen LogP contribution in [0.2, 0.25) is 0 Å². The molecule has 0 bridgehead atoms. The molecule has 0 radical (unpaired) electrons. The van der Waals surface area contributed by atoms with Crippen LogP contribution in [-0.2, 0) is 21.5 Å². The maximum Gasteiger partial charge on any atom is 0.334 e. The lowest BCUT2D eigenvalue weighted by Gasteiger charge is -2.23. The Hall–Kier alpha value is -2.17. The van der Waals surface area contributed by atoms with Gasteiger partial charge in [0.25, 0.3) is 0 Å². The van der Waals surface area contributed by atoms with Gasteiger partial charge >= 0.3 is 17.8 Å². The number of aryl methyl sites for hydroxylation is 2. The number of hydrogen-bond acceptors (Lipinski definition) is 3. The van der Waals surface area contributed by atoms with E-state index in [0.717, 1.165) is 26.5 Å². The summed E-state index contributed by atoms with van der Waals surface area (Å²) in [6.45, 7) is 10.5. The second kappa shape index (κ2) is 5.23. The van der Waals surface area contributed by atoms with Crippen molar-refractivity contribution in [1.82, 2.24) is 9.80 Å². The summed E-state index contributed by atoms with van der Waals surface area (Å²) in [6, 6.07) is 3.60. The first-order chi connectivity index (χ1) is 10.0. The average molecular weight is 302 g/mol. The second-order valence-corrected chi connectivity index (χ2v) is 6.88. The quantitative estimate of drug-likeness (QED) is 0.623. The highest BCUT2D eigenvalue weighted by molar-refractivity contribution is 6.44. The van der Waals surface area contributed by atoms with Crippen molar-refractivity contribution in [2.75, 3.05) is 7.05 Å². The van der Waals surface area contributed by atoms with Gasteiger partial charge in [-0.2, -0.15) is 0 Å². The molecule has 1 aliphatic rings. The topological polar surface area (TPSA) is 57.7 Å². The zero-order chi connectivity index (χ0) is 16.8. The number of hydrogen-bond donors (Lipinski definition) is 0. The summed E-state index contributed by atoms with van der Waals surface area (Å²) in [4.78, 5) is 37.3. The van der Waals surface area contributed by atoms with Crippen LogP contribution in [0.1, 0.15) is 43.0 Å². The van der Waals surface area contributed by atoms with E-state index in [2.05, 4.69) is 32.9 Å². The summed E-state index contributed by atoms with van der Waals surface area (Å²) in [6.07, 6.45) is 0. The van der Waals surface area contributed by atoms with Crippen LogP contribution < -0.4 is 0 Å². The normalized spacial score (nSPS) is 16.0. The van der Waals surface area contributed by atoms with Gasteiger partial charge in [0.05, 0.1) is 6.54 Å². The van der Waals surface area contributed by atoms with Crippen molar-refractivity contribution in [1.29, 1.82) is 0 Å². The molecule has 1 aromatic carbocycles. The molecule has 0 aliphatic carbocycles. The number of likely N-dealkylation sites (N-methyl/N-ethyl adjacent to an activating group) is 1. The molecule has 1 aliphatic heterocycles. The van der Waals surface area contributed by atoms with E-state index < -0.39 is 17.8 Å². The molecule has 2 rings (SSSR count). The lowest BCUT2D eigenvalue weighted by molar-refractivity contribution is -0.143. The Balaban J connectivity index is 2.37. The highest BCUT2D eigenvalue weighted by Gasteiger charge is 2.42. The van der Waals surface area contributed by atoms with Crippen LogP contribution in [0.3, 0.4) is 0 Å². The molecule has 0 saturated carbocycles. The fourth-order valence-electron chi connectivity index (χ4n) is 2.59. The number of carbonyl (C=O) groups is 3. The van der Waals surface area contributed by atoms with Crippen molar-refractivity contribution < 1.29 is 14.4 Å². The van der Waals surface area contributed by atoms with Crippen LogP contribution in [-0.4, -0.2) is 34.7 Å². The molecule has 22 heavy (non-hydrogen) atoms. The molecule has 1 heterocycles. The van der Waals surface area contributed by atoms with Gasteiger partial charge in [0.2, 0.25) is 0 Å². The Kier molecular flexibility index (Phi) is 3.85. The van der Waals surface area contributed by atoms with Gasteiger partial charge in [0, 0.05) is 7.05 Å². The molecule has 0 atom stereocenters. The predicted octanol–water partition coefficient (Wildman–Crippen LogP) is 2.52. The summed E-state index contributed by atoms with van der Waals surface area (Å²) in [7, 11) is 1.32. The maximum absolute atomic E-state index is 12.0. The largest absolute Gasteiger partial charge is 0.334 e. The van der Waals surface area contributed by atoms with Gasteiger partial charge in [-0.1, -0.05) is 32.9 Å². The SMILES string of the molecule is Cc1cc(C(C)(C)C)cc(C)c1CN1C(=O)C(=O)N(C)C1=O. The van der Waals surface area contributed by atoms with Crippen LogP contribution in [0.4, 0.5) is 4.79 Å². The lowest BCUT2D eigenvalue weighted by atomic mass is 9.84. The maximum atomic E-state index is 12.0. The Labute approximate surface area is 130 Å². The van der Waals surface area contributed by atoms with E-state index in [1.165, 1.54) is 12.6 Å². The third-order valence-electron chi connectivity index (χ3n) is 4.13. The molecule has 118 valence electrons. The molecule has 1 fully saturated rings. The monoisotopic (exact) mass is 302 g/mol. The van der Waals surface area contributed by atoms with E-state index in [1.54, 1.807) is 0 Å². The van der Waals surface area contributed by atoms with E-state index in [9.17, 15) is 14.4 Å². The first kappa shape index (κ1) is 16.2. The van der Waals surface area contributed by atoms with Crippen molar-refractivity contribution in [2.45, 2.75) is 46.6 Å². The van der Waals surface area contributed by atoms with Gasteiger partial charge in [-0.15, -0.1) is 0 Å². The van der Waals surface area contributed by atoms with Gasteiger partial charge in [-0.25, -0.2) is 4.79 Å². The van der Waals surface area contributed by atoms with E-state index in [4.69, 9.17) is 0 Å². The van der Waals surface area contributed by atoms with Crippen molar-refractivity contribution in [2.24, 2.45) is 0 Å². The molecule has 0 spiro atoms. The summed E-state index contributed by atoms with van der Waals surface area (Å²) in [5.41, 5.74) is 4.19. The third-order valence-corrected chi connectivity index (χ3v) is 4.13. The molecule has 0 unspecified atom stereocenters. The Morgan fingerprint density at radius 1 is 0.955 bits per heavy atom. The molecule has 4 amide bonds. The summed E-state index contributed by atoms with van der Waals surface area (Å²) in [5.74, 6) is -1.53. The van der Waals surface area contributed by atoms with Crippen molar-refractivity contribution in [3.05, 3.63) is 34.4 Å². The van der Waals surface area contributed by atoms with E-state index >= 15 is 0 Å². The number of amides is 4. The van der Waals surface area contributed by atoms with E-state index in [0.29, 0.717) is 0 Å². The van der Waals surface area contributed by atoms with Gasteiger partial charge in [0.1, 0.15) is 0 Å². The molecular formula is C17H22N2O3. The third kappa shape index (κ3) is 2.63. The number of benzene rings is 1. The molecular weight excluding hydrogens is 280 g/mol. The van der Waals surface area contributed by atoms with Crippen molar-refractivity contribution in [3.63, 3.8) is 0 Å². The first-order valence-corrected chi connectivity index (χ1v) is 7.28. The predicted molar refractivity (Wildman–Crippen MR) is 83.3 cm³/mol. The van der Waals surface area contributed by atoms with E-state index in [1.807, 2.05) is 13.8 Å². The van der Waals surface area contributed by atoms with Gasteiger partial charge in [-0.3, -0.25) is 19.4 Å². The summed E-state index contributed by atoms with van der Waals surface area (Å²) < 4.78 is 0. The number of imide groups is 2. The molecule has 1 aromatic rings. The Morgan fingerprint density at radius 3 is 1.82 bits per heavy atom. The van der Waals surface area contributed by atoms with Crippen LogP contribution >= 0.6 is 0 Å². The zero-order valence-electron chi connectivity index (χ0n) is 14.0. The molecule has 0 aromatic heterocycles. The first-order valence-electron chi connectivity index (χ1n) is 7.28. The van der Waals surface area contributed by atoms with E-state index in [-0.39, 0.29) is 12.0 Å². The van der Waals surface area contributed by atoms with Crippen molar-refractivity contribution >= 4 is 17.8 Å². The molecule has 5 nitrogen and oxygen atoms in total. The number of nitrogens with zero attached hydrogens (tertiary/aromatic N) is 2. The minimum Gasteiger partial charge on any atom is -0.263 e. The van der Waals surface area contributed by atoms with Crippen LogP contribution in [0.25, 0.3) is 0 Å². The zero-order valence-corrected chi connectivity index (χ0v) is 14.0. The van der Waals surface area contributed by atoms with Crippen LogP contribution in [0.15, 0.2) is 12.1 Å². The van der Waals surface area contributed by atoms with Gasteiger partial charge in [-0.05, 0) is 41.5 Å². The lowest BCUT2D eigenvalue weighted by Crippen LogP contribution is -2.31. The van der Waals surface area contributed by atoms with Gasteiger partial charge in [0.15, 0.2) is 0 Å². The Morgan fingerprint density at radius 2 is 1.45 bits per heavy atom.